The van der Waals surface area contributed by atoms with Gasteiger partial charge in [0.25, 0.3) is 5.91 Å². The fourth-order valence-electron chi connectivity index (χ4n) is 1.60. The molecular weight excluding hydrogens is 240 g/mol. The minimum Gasteiger partial charge on any atom is -0.507 e. The third-order valence-electron chi connectivity index (χ3n) is 2.58. The third kappa shape index (κ3) is 3.67. The summed E-state index contributed by atoms with van der Waals surface area (Å²) in [6.07, 6.45) is 2.26. The average molecular weight is 254 g/mol. The first-order chi connectivity index (χ1) is 9.27. The van der Waals surface area contributed by atoms with Crippen molar-refractivity contribution in [2.24, 2.45) is 5.10 Å². The van der Waals surface area contributed by atoms with Crippen LogP contribution in [0, 0.1) is 0 Å². The number of benzene rings is 2. The van der Waals surface area contributed by atoms with Gasteiger partial charge in [-0.25, -0.2) is 5.43 Å². The number of para-hydroxylation sites is 1. The first-order valence-corrected chi connectivity index (χ1v) is 5.91. The second-order valence-corrected chi connectivity index (χ2v) is 3.96. The van der Waals surface area contributed by atoms with Crippen LogP contribution in [-0.2, 0) is 6.42 Å². The number of nitrogens with zero attached hydrogens (tertiary/aromatic N) is 1. The van der Waals surface area contributed by atoms with E-state index in [1.807, 2.05) is 30.3 Å². The molecule has 0 heterocycles. The van der Waals surface area contributed by atoms with Crippen LogP contribution in [0.5, 0.6) is 5.75 Å². The number of phenols is 1. The Bertz CT molecular complexity index is 580. The monoisotopic (exact) mass is 254 g/mol. The molecule has 19 heavy (non-hydrogen) atoms. The van der Waals surface area contributed by atoms with Gasteiger partial charge in [-0.2, -0.15) is 5.10 Å². The lowest BCUT2D eigenvalue weighted by molar-refractivity contribution is 0.0952. The summed E-state index contributed by atoms with van der Waals surface area (Å²) in [6, 6.07) is 16.1. The van der Waals surface area contributed by atoms with E-state index in [1.54, 1.807) is 18.3 Å². The molecular formula is C15H14N2O2. The van der Waals surface area contributed by atoms with Gasteiger partial charge in [0.05, 0.1) is 5.56 Å². The van der Waals surface area contributed by atoms with Crippen LogP contribution in [0.4, 0.5) is 0 Å². The van der Waals surface area contributed by atoms with E-state index in [-0.39, 0.29) is 11.3 Å². The maximum atomic E-state index is 11.7. The minimum atomic E-state index is -0.428. The average Bonchev–Trinajstić information content (AvgIpc) is 2.45. The van der Waals surface area contributed by atoms with E-state index in [0.717, 1.165) is 5.56 Å². The maximum Gasteiger partial charge on any atom is 0.275 e. The Morgan fingerprint density at radius 3 is 2.53 bits per heavy atom. The van der Waals surface area contributed by atoms with Crippen LogP contribution in [0.3, 0.4) is 0 Å². The molecule has 0 aromatic heterocycles. The molecule has 0 aliphatic carbocycles. The zero-order valence-electron chi connectivity index (χ0n) is 10.3. The molecule has 0 spiro atoms. The SMILES string of the molecule is O=C(N/N=C/Cc1ccccc1)c1ccccc1O. The van der Waals surface area contributed by atoms with E-state index in [2.05, 4.69) is 10.5 Å². The largest absolute Gasteiger partial charge is 0.507 e. The maximum absolute atomic E-state index is 11.7. The summed E-state index contributed by atoms with van der Waals surface area (Å²) in [7, 11) is 0. The molecule has 0 aliphatic heterocycles. The van der Waals surface area contributed by atoms with Crippen molar-refractivity contribution in [2.75, 3.05) is 0 Å². The van der Waals surface area contributed by atoms with Gasteiger partial charge in [0, 0.05) is 12.6 Å². The smallest absolute Gasteiger partial charge is 0.275 e. The van der Waals surface area contributed by atoms with Crippen LogP contribution in [-0.4, -0.2) is 17.2 Å². The topological polar surface area (TPSA) is 61.7 Å². The van der Waals surface area contributed by atoms with Gasteiger partial charge in [0.2, 0.25) is 0 Å². The van der Waals surface area contributed by atoms with Gasteiger partial charge >= 0.3 is 0 Å². The van der Waals surface area contributed by atoms with Gasteiger partial charge in [-0.3, -0.25) is 4.79 Å². The molecule has 4 heteroatoms. The van der Waals surface area contributed by atoms with Gasteiger partial charge in [-0.15, -0.1) is 0 Å². The molecule has 0 unspecified atom stereocenters. The highest BCUT2D eigenvalue weighted by atomic mass is 16.3. The van der Waals surface area contributed by atoms with E-state index in [1.165, 1.54) is 12.1 Å². The Labute approximate surface area is 111 Å². The number of rotatable bonds is 4. The second kappa shape index (κ2) is 6.35. The van der Waals surface area contributed by atoms with E-state index < -0.39 is 5.91 Å². The zero-order valence-corrected chi connectivity index (χ0v) is 10.3. The molecule has 2 aromatic carbocycles. The van der Waals surface area contributed by atoms with Crippen LogP contribution in [0.1, 0.15) is 15.9 Å². The first-order valence-electron chi connectivity index (χ1n) is 5.91. The summed E-state index contributed by atoms with van der Waals surface area (Å²) in [5.41, 5.74) is 3.70. The molecule has 2 aromatic rings. The predicted molar refractivity (Wildman–Crippen MR) is 74.2 cm³/mol. The number of carbonyl (C=O) groups excluding carboxylic acids is 1. The number of aromatic hydroxyl groups is 1. The van der Waals surface area contributed by atoms with E-state index in [4.69, 9.17) is 0 Å². The van der Waals surface area contributed by atoms with Crippen molar-refractivity contribution in [3.8, 4) is 5.75 Å². The normalized spacial score (nSPS) is 10.5. The summed E-state index contributed by atoms with van der Waals surface area (Å²) in [5, 5.41) is 13.4. The standard InChI is InChI=1S/C15H14N2O2/c18-14-9-5-4-8-13(14)15(19)17-16-11-10-12-6-2-1-3-7-12/h1-9,11,18H,10H2,(H,17,19)/b16-11+. The molecule has 0 fully saturated rings. The van der Waals surface area contributed by atoms with Crippen molar-refractivity contribution in [1.29, 1.82) is 0 Å². The van der Waals surface area contributed by atoms with Crippen LogP contribution in [0.25, 0.3) is 0 Å². The van der Waals surface area contributed by atoms with E-state index in [0.29, 0.717) is 6.42 Å². The number of nitrogens with one attached hydrogen (secondary N) is 1. The number of phenolic OH excluding ortho intramolecular Hbond substituents is 1. The highest BCUT2D eigenvalue weighted by Crippen LogP contribution is 2.14. The quantitative estimate of drug-likeness (QED) is 0.650. The fraction of sp³-hybridized carbons (Fsp3) is 0.0667. The first kappa shape index (κ1) is 12.8. The summed E-state index contributed by atoms with van der Waals surface area (Å²) in [5.74, 6) is -0.485. The van der Waals surface area contributed by atoms with Crippen molar-refractivity contribution in [3.63, 3.8) is 0 Å². The van der Waals surface area contributed by atoms with Crippen molar-refractivity contribution < 1.29 is 9.90 Å². The molecule has 2 rings (SSSR count). The number of hydrogen-bond acceptors (Lipinski definition) is 3. The minimum absolute atomic E-state index is 0.0572. The number of carbonyl (C=O) groups is 1. The molecule has 1 amide bonds. The van der Waals surface area contributed by atoms with Crippen LogP contribution >= 0.6 is 0 Å². The van der Waals surface area contributed by atoms with Gasteiger partial charge in [0.1, 0.15) is 5.75 Å². The highest BCUT2D eigenvalue weighted by molar-refractivity contribution is 5.96. The highest BCUT2D eigenvalue weighted by Gasteiger charge is 2.08. The van der Waals surface area contributed by atoms with E-state index >= 15 is 0 Å². The number of hydrogen-bond donors (Lipinski definition) is 2. The summed E-state index contributed by atoms with van der Waals surface area (Å²) < 4.78 is 0. The molecule has 0 bridgehead atoms. The van der Waals surface area contributed by atoms with Crippen LogP contribution < -0.4 is 5.43 Å². The molecule has 4 nitrogen and oxygen atoms in total. The zero-order chi connectivity index (χ0) is 13.5. The summed E-state index contributed by atoms with van der Waals surface area (Å²) in [6.45, 7) is 0. The second-order valence-electron chi connectivity index (χ2n) is 3.96. The summed E-state index contributed by atoms with van der Waals surface area (Å²) >= 11 is 0. The molecule has 0 saturated carbocycles. The Morgan fingerprint density at radius 2 is 1.79 bits per heavy atom. The van der Waals surface area contributed by atoms with Gasteiger partial charge in [-0.05, 0) is 17.7 Å². The van der Waals surface area contributed by atoms with Crippen molar-refractivity contribution in [3.05, 3.63) is 65.7 Å². The summed E-state index contributed by atoms with van der Waals surface area (Å²) in [4.78, 5) is 11.7. The van der Waals surface area contributed by atoms with Crippen molar-refractivity contribution >= 4 is 12.1 Å². The Kier molecular flexibility index (Phi) is 4.29. The Morgan fingerprint density at radius 1 is 1.11 bits per heavy atom. The molecule has 0 radical (unpaired) electrons. The molecule has 0 saturated heterocycles. The number of hydrazone groups is 1. The molecule has 96 valence electrons. The lowest BCUT2D eigenvalue weighted by atomic mass is 10.2. The number of amides is 1. The Balaban J connectivity index is 1.89. The molecule has 0 aliphatic rings. The van der Waals surface area contributed by atoms with Gasteiger partial charge in [-0.1, -0.05) is 42.5 Å². The molecule has 2 N–H and O–H groups in total. The Hall–Kier alpha value is -2.62. The van der Waals surface area contributed by atoms with Crippen molar-refractivity contribution in [1.82, 2.24) is 5.43 Å². The lowest BCUT2D eigenvalue weighted by Crippen LogP contribution is -2.17. The van der Waals surface area contributed by atoms with Crippen LogP contribution in [0.15, 0.2) is 59.7 Å². The third-order valence-corrected chi connectivity index (χ3v) is 2.58. The van der Waals surface area contributed by atoms with Gasteiger partial charge < -0.3 is 5.11 Å². The van der Waals surface area contributed by atoms with E-state index in [9.17, 15) is 9.90 Å². The fourth-order valence-corrected chi connectivity index (χ4v) is 1.60. The molecule has 0 atom stereocenters. The van der Waals surface area contributed by atoms with Gasteiger partial charge in [0.15, 0.2) is 0 Å². The van der Waals surface area contributed by atoms with Crippen LogP contribution in [0.2, 0.25) is 0 Å². The predicted octanol–water partition coefficient (Wildman–Crippen LogP) is 2.35. The lowest BCUT2D eigenvalue weighted by Gasteiger charge is -2.01. The van der Waals surface area contributed by atoms with Crippen molar-refractivity contribution in [2.45, 2.75) is 6.42 Å².